The minimum atomic E-state index is -0.323. The van der Waals surface area contributed by atoms with Gasteiger partial charge in [-0.3, -0.25) is 18.8 Å². The van der Waals surface area contributed by atoms with Gasteiger partial charge in [-0.15, -0.1) is 0 Å². The zero-order valence-electron chi connectivity index (χ0n) is 28.0. The average Bonchev–Trinajstić information content (AvgIpc) is 3.37. The first-order valence-corrected chi connectivity index (χ1v) is 17.0. The molecule has 5 rings (SSSR count). The van der Waals surface area contributed by atoms with Gasteiger partial charge in [-0.25, -0.2) is 4.98 Å². The molecule has 2 aromatic carbocycles. The molecule has 1 aliphatic heterocycles. The first-order valence-electron chi connectivity index (χ1n) is 16.2. The van der Waals surface area contributed by atoms with Gasteiger partial charge >= 0.3 is 0 Å². The molecule has 0 saturated carbocycles. The van der Waals surface area contributed by atoms with E-state index in [9.17, 15) is 14.4 Å². The van der Waals surface area contributed by atoms with E-state index in [0.717, 1.165) is 61.3 Å². The topological polar surface area (TPSA) is 118 Å². The Bertz CT molecular complexity index is 1780. The number of nitrogens with zero attached hydrogens (tertiary/aromatic N) is 4. The number of aryl methyl sites for hydroxylation is 2. The van der Waals surface area contributed by atoms with Crippen molar-refractivity contribution >= 4 is 50.7 Å². The lowest BCUT2D eigenvalue weighted by molar-refractivity contribution is -0.132. The van der Waals surface area contributed by atoms with Crippen molar-refractivity contribution in [3.05, 3.63) is 87.3 Å². The predicted octanol–water partition coefficient (Wildman–Crippen LogP) is 6.08. The molecular weight excluding hydrogens is 676 g/mol. The highest BCUT2D eigenvalue weighted by atomic mass is 79.9. The van der Waals surface area contributed by atoms with Gasteiger partial charge in [-0.2, -0.15) is 0 Å². The first kappa shape index (κ1) is 35.1. The number of ether oxygens (including phenoxy) is 2. The lowest BCUT2D eigenvalue weighted by atomic mass is 10.1. The van der Waals surface area contributed by atoms with E-state index in [1.807, 2.05) is 47.5 Å². The maximum atomic E-state index is 13.4. The van der Waals surface area contributed by atoms with Gasteiger partial charge in [0.25, 0.3) is 11.8 Å². The van der Waals surface area contributed by atoms with Crippen molar-refractivity contribution < 1.29 is 23.9 Å². The van der Waals surface area contributed by atoms with Gasteiger partial charge in [0.2, 0.25) is 5.91 Å². The molecule has 3 amide bonds. The number of hydrogen-bond acceptors (Lipinski definition) is 7. The lowest BCUT2D eigenvalue weighted by Gasteiger charge is -2.32. The number of hydrogen-bond donors (Lipinski definition) is 2. The Morgan fingerprint density at radius 1 is 0.917 bits per heavy atom. The van der Waals surface area contributed by atoms with E-state index in [2.05, 4.69) is 43.5 Å². The summed E-state index contributed by atoms with van der Waals surface area (Å²) in [6, 6.07) is 14.2. The van der Waals surface area contributed by atoms with E-state index in [1.165, 1.54) is 0 Å². The number of halogens is 1. The van der Waals surface area contributed by atoms with E-state index in [1.54, 1.807) is 37.4 Å². The van der Waals surface area contributed by atoms with Crippen LogP contribution in [0.15, 0.2) is 59.3 Å². The van der Waals surface area contributed by atoms with Gasteiger partial charge in [-0.05, 0) is 104 Å². The second-order valence-corrected chi connectivity index (χ2v) is 12.9. The van der Waals surface area contributed by atoms with Crippen LogP contribution in [0.5, 0.6) is 5.75 Å². The fourth-order valence-corrected chi connectivity index (χ4v) is 6.02. The predicted molar refractivity (Wildman–Crippen MR) is 190 cm³/mol. The van der Waals surface area contributed by atoms with Gasteiger partial charge in [0.15, 0.2) is 5.65 Å². The maximum absolute atomic E-state index is 13.4. The molecule has 0 spiro atoms. The third kappa shape index (κ3) is 8.60. The summed E-state index contributed by atoms with van der Waals surface area (Å²) in [6.45, 7) is 7.96. The molecule has 2 aromatic heterocycles. The van der Waals surface area contributed by atoms with Crippen molar-refractivity contribution in [1.82, 2.24) is 19.2 Å². The molecule has 1 aliphatic rings. The van der Waals surface area contributed by atoms with Crippen LogP contribution in [-0.2, 0) is 16.1 Å². The van der Waals surface area contributed by atoms with Crippen molar-refractivity contribution in [1.29, 1.82) is 0 Å². The minimum absolute atomic E-state index is 0.189. The first-order chi connectivity index (χ1) is 23.1. The molecule has 11 nitrogen and oxygen atoms in total. The normalized spacial score (nSPS) is 13.5. The Morgan fingerprint density at radius 2 is 1.67 bits per heavy atom. The van der Waals surface area contributed by atoms with Crippen molar-refractivity contribution in [2.45, 2.75) is 46.1 Å². The molecule has 48 heavy (non-hydrogen) atoms. The minimum Gasteiger partial charge on any atom is -0.491 e. The van der Waals surface area contributed by atoms with E-state index in [-0.39, 0.29) is 24.3 Å². The largest absolute Gasteiger partial charge is 0.491 e. The number of carbonyl (C=O) groups is 3. The van der Waals surface area contributed by atoms with Crippen molar-refractivity contribution in [3.63, 3.8) is 0 Å². The number of fused-ring (bicyclic) bond motifs is 1. The summed E-state index contributed by atoms with van der Waals surface area (Å²) in [5, 5.41) is 5.95. The molecule has 254 valence electrons. The highest BCUT2D eigenvalue weighted by molar-refractivity contribution is 9.10. The zero-order valence-corrected chi connectivity index (χ0v) is 29.6. The third-order valence-corrected chi connectivity index (χ3v) is 9.40. The maximum Gasteiger partial charge on any atom is 0.259 e. The van der Waals surface area contributed by atoms with Crippen LogP contribution >= 0.6 is 15.9 Å². The fraction of sp³-hybridized carbons (Fsp3) is 0.389. The summed E-state index contributed by atoms with van der Waals surface area (Å²) < 4.78 is 14.1. The van der Waals surface area contributed by atoms with Gasteiger partial charge in [0, 0.05) is 62.7 Å². The fourth-order valence-electron chi connectivity index (χ4n) is 5.65. The second kappa shape index (κ2) is 16.2. The Hall–Kier alpha value is -4.26. The molecule has 0 bridgehead atoms. The number of nitrogens with one attached hydrogen (secondary N) is 2. The van der Waals surface area contributed by atoms with E-state index in [0.29, 0.717) is 52.5 Å². The van der Waals surface area contributed by atoms with E-state index < -0.39 is 0 Å². The number of anilines is 2. The molecule has 1 fully saturated rings. The van der Waals surface area contributed by atoms with E-state index >= 15 is 0 Å². The summed E-state index contributed by atoms with van der Waals surface area (Å²) in [6.07, 6.45) is 4.90. The third-order valence-electron chi connectivity index (χ3n) is 8.44. The van der Waals surface area contributed by atoms with Crippen LogP contribution in [0, 0.1) is 13.8 Å². The number of rotatable bonds is 13. The average molecular weight is 720 g/mol. The zero-order chi connectivity index (χ0) is 34.2. The molecule has 0 aliphatic carbocycles. The Morgan fingerprint density at radius 3 is 2.44 bits per heavy atom. The Balaban J connectivity index is 1.18. The van der Waals surface area contributed by atoms with Crippen molar-refractivity contribution in [2.24, 2.45) is 0 Å². The molecular formula is C36H43BrN6O5. The number of amides is 3. The van der Waals surface area contributed by atoms with Crippen LogP contribution in [0.25, 0.3) is 5.65 Å². The number of benzene rings is 2. The van der Waals surface area contributed by atoms with Gasteiger partial charge in [-0.1, -0.05) is 6.07 Å². The van der Waals surface area contributed by atoms with E-state index in [4.69, 9.17) is 9.47 Å². The summed E-state index contributed by atoms with van der Waals surface area (Å²) in [5.41, 5.74) is 4.90. The highest BCUT2D eigenvalue weighted by Gasteiger charge is 2.20. The molecule has 2 N–H and O–H groups in total. The molecule has 0 unspecified atom stereocenters. The Kier molecular flexibility index (Phi) is 11.9. The number of methoxy groups -OCH3 is 1. The molecule has 0 atom stereocenters. The van der Waals surface area contributed by atoms with Crippen LogP contribution < -0.4 is 15.4 Å². The number of likely N-dealkylation sites (N-methyl/N-ethyl adjacent to an activating group) is 1. The molecule has 0 radical (unpaired) electrons. The monoisotopic (exact) mass is 718 g/mol. The smallest absolute Gasteiger partial charge is 0.259 e. The summed E-state index contributed by atoms with van der Waals surface area (Å²) in [4.78, 5) is 48.0. The number of carbonyl (C=O) groups excluding carboxylic acids is 3. The summed E-state index contributed by atoms with van der Waals surface area (Å²) >= 11 is 3.52. The van der Waals surface area contributed by atoms with Crippen LogP contribution in [0.2, 0.25) is 0 Å². The summed E-state index contributed by atoms with van der Waals surface area (Å²) in [7, 11) is 3.64. The highest BCUT2D eigenvalue weighted by Crippen LogP contribution is 2.28. The van der Waals surface area contributed by atoms with Crippen LogP contribution in [0.1, 0.15) is 63.2 Å². The van der Waals surface area contributed by atoms with Gasteiger partial charge in [0.05, 0.1) is 30.2 Å². The summed E-state index contributed by atoms with van der Waals surface area (Å²) in [5.74, 6) is 0.180. The van der Waals surface area contributed by atoms with Crippen molar-refractivity contribution in [2.75, 3.05) is 57.6 Å². The number of aromatic nitrogens is 2. The molecule has 4 aromatic rings. The Labute approximate surface area is 289 Å². The van der Waals surface area contributed by atoms with Crippen molar-refractivity contribution in [3.8, 4) is 5.75 Å². The standard InChI is InChI=1S/C36H43BrN6O5/c1-24-11-13-30(31(21-24)48-20-7-5-6-10-32(44)42-18-16-41(3)17-19-42)40-35(45)26-12-14-29(27(22-26)23-47-4)39-36(46)28-9-8-15-43-33(37)25(2)38-34(28)43/h8-9,11-15,21-22H,5-7,10,16-20,23H2,1-4H3,(H,39,46)(H,40,45). The SMILES string of the molecule is COCc1cc(C(=O)Nc2ccc(C)cc2OCCCCCC(=O)N2CCN(C)CC2)ccc1NC(=O)c1cccn2c(Br)c(C)nc12. The lowest BCUT2D eigenvalue weighted by Crippen LogP contribution is -2.47. The molecule has 3 heterocycles. The molecule has 12 heteroatoms. The second-order valence-electron chi connectivity index (χ2n) is 12.2. The number of imidazole rings is 1. The van der Waals surface area contributed by atoms with Gasteiger partial charge in [0.1, 0.15) is 10.4 Å². The van der Waals surface area contributed by atoms with Crippen LogP contribution in [0.4, 0.5) is 11.4 Å². The van der Waals surface area contributed by atoms with Crippen LogP contribution in [0.3, 0.4) is 0 Å². The number of piperazine rings is 1. The number of pyridine rings is 1. The quantitative estimate of drug-likeness (QED) is 0.161. The molecule has 1 saturated heterocycles. The number of unbranched alkanes of at least 4 members (excludes halogenated alkanes) is 2. The van der Waals surface area contributed by atoms with Gasteiger partial charge < -0.3 is 29.9 Å². The van der Waals surface area contributed by atoms with Crippen LogP contribution in [-0.4, -0.2) is 83.8 Å².